The van der Waals surface area contributed by atoms with Crippen molar-refractivity contribution in [2.45, 2.75) is 11.6 Å². The molecule has 0 aliphatic heterocycles. The Bertz CT molecular complexity index is 1080. The summed E-state index contributed by atoms with van der Waals surface area (Å²) in [7, 11) is -2.34. The maximum Gasteiger partial charge on any atom is 0.335 e. The van der Waals surface area contributed by atoms with Crippen LogP contribution < -0.4 is 4.31 Å². The number of rotatable bonds is 6. The minimum absolute atomic E-state index is 0.000844. The van der Waals surface area contributed by atoms with Crippen molar-refractivity contribution in [1.29, 1.82) is 0 Å². The fourth-order valence-electron chi connectivity index (χ4n) is 2.50. The Morgan fingerprint density at radius 2 is 1.93 bits per heavy atom. The van der Waals surface area contributed by atoms with Crippen LogP contribution >= 0.6 is 11.6 Å². The molecule has 0 saturated carbocycles. The smallest absolute Gasteiger partial charge is 0.335 e. The molecule has 140 valence electrons. The number of aryl methyl sites for hydroxylation is 1. The van der Waals surface area contributed by atoms with Gasteiger partial charge in [-0.15, -0.1) is 0 Å². The number of imidazole rings is 1. The first-order valence-corrected chi connectivity index (χ1v) is 9.67. The number of aromatic nitrogens is 2. The predicted octanol–water partition coefficient (Wildman–Crippen LogP) is 3.17. The minimum Gasteiger partial charge on any atom is -0.478 e. The van der Waals surface area contributed by atoms with Crippen molar-refractivity contribution in [3.8, 4) is 0 Å². The number of carboxylic acid groups (broad SMARTS) is 1. The quantitative estimate of drug-likeness (QED) is 0.680. The molecule has 3 aromatic rings. The molecule has 0 fully saturated rings. The van der Waals surface area contributed by atoms with E-state index in [9.17, 15) is 18.3 Å². The van der Waals surface area contributed by atoms with E-state index < -0.39 is 16.0 Å². The van der Waals surface area contributed by atoms with Crippen LogP contribution in [0, 0.1) is 0 Å². The lowest BCUT2D eigenvalue weighted by atomic mass is 10.2. The highest BCUT2D eigenvalue weighted by molar-refractivity contribution is 7.92. The third-order valence-corrected chi connectivity index (χ3v) is 5.77. The molecular weight excluding hydrogens is 390 g/mol. The second kappa shape index (κ2) is 7.42. The van der Waals surface area contributed by atoms with Gasteiger partial charge in [-0.05, 0) is 35.9 Å². The number of hydrogen-bond acceptors (Lipinski definition) is 4. The number of carbonyl (C=O) groups is 1. The molecule has 0 aliphatic carbocycles. The Labute approximate surface area is 161 Å². The van der Waals surface area contributed by atoms with Crippen molar-refractivity contribution in [1.82, 2.24) is 9.55 Å². The number of nitrogens with zero attached hydrogens (tertiary/aromatic N) is 3. The van der Waals surface area contributed by atoms with Crippen LogP contribution in [0.1, 0.15) is 15.9 Å². The molecule has 0 saturated heterocycles. The molecule has 0 bridgehead atoms. The molecule has 7 nitrogen and oxygen atoms in total. The zero-order chi connectivity index (χ0) is 19.6. The summed E-state index contributed by atoms with van der Waals surface area (Å²) in [5, 5.41) is 9.64. The molecule has 0 amide bonds. The molecule has 0 atom stereocenters. The van der Waals surface area contributed by atoms with Crippen LogP contribution in [0.5, 0.6) is 0 Å². The fraction of sp³-hybridized carbons (Fsp3) is 0.111. The summed E-state index contributed by atoms with van der Waals surface area (Å²) in [6, 6.07) is 12.5. The molecule has 3 rings (SSSR count). The van der Waals surface area contributed by atoms with Gasteiger partial charge in [0.25, 0.3) is 10.0 Å². The number of anilines is 1. The van der Waals surface area contributed by atoms with Crippen molar-refractivity contribution in [3.63, 3.8) is 0 Å². The standard InChI is InChI=1S/C18H16ClN3O4S/c1-21-11-17(20-12-21)27(25,26)22(10-13-5-7-15(19)8-6-13)16-4-2-3-14(9-16)18(23)24/h2-9,11-12H,10H2,1H3,(H,23,24). The summed E-state index contributed by atoms with van der Waals surface area (Å²) >= 11 is 5.90. The molecular formula is C18H16ClN3O4S. The van der Waals surface area contributed by atoms with E-state index in [1.807, 2.05) is 0 Å². The van der Waals surface area contributed by atoms with Crippen LogP contribution in [0.25, 0.3) is 0 Å². The van der Waals surface area contributed by atoms with Crippen LogP contribution in [-0.2, 0) is 23.6 Å². The van der Waals surface area contributed by atoms with Gasteiger partial charge >= 0.3 is 5.97 Å². The number of benzene rings is 2. The maximum atomic E-state index is 13.2. The van der Waals surface area contributed by atoms with E-state index in [2.05, 4.69) is 4.98 Å². The van der Waals surface area contributed by atoms with Gasteiger partial charge in [0.05, 0.1) is 24.1 Å². The monoisotopic (exact) mass is 405 g/mol. The molecule has 0 unspecified atom stereocenters. The highest BCUT2D eigenvalue weighted by Gasteiger charge is 2.28. The second-order valence-electron chi connectivity index (χ2n) is 5.87. The lowest BCUT2D eigenvalue weighted by molar-refractivity contribution is 0.0697. The molecule has 2 aromatic carbocycles. The van der Waals surface area contributed by atoms with Gasteiger partial charge in [-0.25, -0.2) is 9.78 Å². The second-order valence-corrected chi connectivity index (χ2v) is 8.12. The first kappa shape index (κ1) is 18.9. The Morgan fingerprint density at radius 1 is 1.22 bits per heavy atom. The lowest BCUT2D eigenvalue weighted by Gasteiger charge is -2.24. The largest absolute Gasteiger partial charge is 0.478 e. The van der Waals surface area contributed by atoms with Crippen LogP contribution in [0.3, 0.4) is 0 Å². The molecule has 1 N–H and O–H groups in total. The van der Waals surface area contributed by atoms with Gasteiger partial charge in [0.15, 0.2) is 5.03 Å². The zero-order valence-electron chi connectivity index (χ0n) is 14.3. The highest BCUT2D eigenvalue weighted by atomic mass is 35.5. The van der Waals surface area contributed by atoms with Crippen molar-refractivity contribution < 1.29 is 18.3 Å². The van der Waals surface area contributed by atoms with E-state index >= 15 is 0 Å². The number of aromatic carboxylic acids is 1. The number of hydrogen-bond donors (Lipinski definition) is 1. The average Bonchev–Trinajstić information content (AvgIpc) is 3.08. The van der Waals surface area contributed by atoms with Gasteiger partial charge < -0.3 is 9.67 Å². The van der Waals surface area contributed by atoms with Crippen LogP contribution in [0.4, 0.5) is 5.69 Å². The average molecular weight is 406 g/mol. The Morgan fingerprint density at radius 3 is 2.52 bits per heavy atom. The van der Waals surface area contributed by atoms with E-state index in [4.69, 9.17) is 11.6 Å². The van der Waals surface area contributed by atoms with Gasteiger partial charge in [0.1, 0.15) is 0 Å². The molecule has 0 spiro atoms. The van der Waals surface area contributed by atoms with Crippen LogP contribution in [-0.4, -0.2) is 29.0 Å². The zero-order valence-corrected chi connectivity index (χ0v) is 15.9. The predicted molar refractivity (Wildman–Crippen MR) is 101 cm³/mol. The van der Waals surface area contributed by atoms with E-state index in [1.54, 1.807) is 37.4 Å². The molecule has 0 radical (unpaired) electrons. The van der Waals surface area contributed by atoms with E-state index in [-0.39, 0.29) is 22.8 Å². The SMILES string of the molecule is Cn1cnc(S(=O)(=O)N(Cc2ccc(Cl)cc2)c2cccc(C(=O)O)c2)c1. The fourth-order valence-corrected chi connectivity index (χ4v) is 4.04. The minimum atomic E-state index is -4.01. The molecule has 1 heterocycles. The van der Waals surface area contributed by atoms with Crippen molar-refractivity contribution in [2.75, 3.05) is 4.31 Å². The molecule has 9 heteroatoms. The van der Waals surface area contributed by atoms with Crippen molar-refractivity contribution in [3.05, 3.63) is 77.2 Å². The summed E-state index contributed by atoms with van der Waals surface area (Å²) in [4.78, 5) is 15.2. The van der Waals surface area contributed by atoms with Crippen LogP contribution in [0.15, 0.2) is 66.1 Å². The van der Waals surface area contributed by atoms with Crippen molar-refractivity contribution >= 4 is 33.3 Å². The number of carboxylic acids is 1. The summed E-state index contributed by atoms with van der Waals surface area (Å²) in [5.41, 5.74) is 0.917. The molecule has 0 aliphatic rings. The first-order valence-electron chi connectivity index (χ1n) is 7.86. The van der Waals surface area contributed by atoms with Gasteiger partial charge in [-0.1, -0.05) is 29.8 Å². The van der Waals surface area contributed by atoms with Crippen molar-refractivity contribution in [2.24, 2.45) is 7.05 Å². The molecule has 1 aromatic heterocycles. The lowest BCUT2D eigenvalue weighted by Crippen LogP contribution is -2.31. The Hall–Kier alpha value is -2.84. The van der Waals surface area contributed by atoms with E-state index in [0.717, 1.165) is 4.31 Å². The first-order chi connectivity index (χ1) is 12.8. The number of sulfonamides is 1. The summed E-state index contributed by atoms with van der Waals surface area (Å²) in [5.74, 6) is -1.14. The van der Waals surface area contributed by atoms with Crippen LogP contribution in [0.2, 0.25) is 5.02 Å². The normalized spacial score (nSPS) is 11.3. The molecule has 27 heavy (non-hydrogen) atoms. The van der Waals surface area contributed by atoms with Gasteiger partial charge in [-0.2, -0.15) is 8.42 Å². The summed E-state index contributed by atoms with van der Waals surface area (Å²) in [6.45, 7) is -0.000844. The summed E-state index contributed by atoms with van der Waals surface area (Å²) in [6.07, 6.45) is 2.78. The van der Waals surface area contributed by atoms with E-state index in [1.165, 1.54) is 35.3 Å². The third-order valence-electron chi connectivity index (χ3n) is 3.86. The highest BCUT2D eigenvalue weighted by Crippen LogP contribution is 2.26. The third kappa shape index (κ3) is 4.12. The Balaban J connectivity index is 2.09. The number of halogens is 1. The maximum absolute atomic E-state index is 13.2. The summed E-state index contributed by atoms with van der Waals surface area (Å²) < 4.78 is 29.0. The van der Waals surface area contributed by atoms with Gasteiger partial charge in [0.2, 0.25) is 0 Å². The van der Waals surface area contributed by atoms with E-state index in [0.29, 0.717) is 10.6 Å². The Kier molecular flexibility index (Phi) is 5.20. The van der Waals surface area contributed by atoms with Gasteiger partial charge in [-0.3, -0.25) is 4.31 Å². The topological polar surface area (TPSA) is 92.5 Å². The van der Waals surface area contributed by atoms with Gasteiger partial charge in [0, 0.05) is 18.3 Å².